The minimum Gasteiger partial charge on any atom is -0.349 e. The zero-order valence-corrected chi connectivity index (χ0v) is 13.4. The lowest BCUT2D eigenvalue weighted by atomic mass is 9.97. The topological polar surface area (TPSA) is 40.6 Å². The fourth-order valence-electron chi connectivity index (χ4n) is 2.85. The summed E-state index contributed by atoms with van der Waals surface area (Å²) in [4.78, 5) is 27.7. The Morgan fingerprint density at radius 1 is 1.32 bits per heavy atom. The SMILES string of the molecule is C[C@@H](CC(=O)N1CC[C@@H](C(=O)N(C)C)C1)c1ccc(F)cc1. The number of likely N-dealkylation sites (tertiary alicyclic amines) is 1. The molecule has 0 unspecified atom stereocenters. The number of carbonyl (C=O) groups is 2. The highest BCUT2D eigenvalue weighted by Crippen LogP contribution is 2.24. The first-order valence-electron chi connectivity index (χ1n) is 7.63. The summed E-state index contributed by atoms with van der Waals surface area (Å²) in [5.74, 6) is -0.170. The molecule has 0 saturated carbocycles. The minimum atomic E-state index is -0.271. The smallest absolute Gasteiger partial charge is 0.227 e. The number of nitrogens with zero attached hydrogens (tertiary/aromatic N) is 2. The highest BCUT2D eigenvalue weighted by Gasteiger charge is 2.32. The molecule has 5 heteroatoms. The maximum Gasteiger partial charge on any atom is 0.227 e. The third kappa shape index (κ3) is 3.84. The molecule has 22 heavy (non-hydrogen) atoms. The predicted molar refractivity (Wildman–Crippen MR) is 82.8 cm³/mol. The molecule has 0 spiro atoms. The summed E-state index contributed by atoms with van der Waals surface area (Å²) in [5, 5.41) is 0. The van der Waals surface area contributed by atoms with Gasteiger partial charge in [-0.3, -0.25) is 9.59 Å². The summed E-state index contributed by atoms with van der Waals surface area (Å²) in [6.07, 6.45) is 1.11. The van der Waals surface area contributed by atoms with Gasteiger partial charge in [-0.1, -0.05) is 19.1 Å². The van der Waals surface area contributed by atoms with Crippen LogP contribution in [0.2, 0.25) is 0 Å². The largest absolute Gasteiger partial charge is 0.349 e. The van der Waals surface area contributed by atoms with Crippen LogP contribution in [0.15, 0.2) is 24.3 Å². The Hall–Kier alpha value is -1.91. The van der Waals surface area contributed by atoms with Crippen molar-refractivity contribution in [1.29, 1.82) is 0 Å². The fraction of sp³-hybridized carbons (Fsp3) is 0.529. The summed E-state index contributed by atoms with van der Waals surface area (Å²) in [5.41, 5.74) is 0.954. The van der Waals surface area contributed by atoms with E-state index in [1.54, 1.807) is 36.0 Å². The van der Waals surface area contributed by atoms with E-state index in [9.17, 15) is 14.0 Å². The summed E-state index contributed by atoms with van der Waals surface area (Å²) in [6, 6.07) is 6.27. The van der Waals surface area contributed by atoms with E-state index >= 15 is 0 Å². The Bertz CT molecular complexity index is 542. The molecular weight excluding hydrogens is 283 g/mol. The summed E-state index contributed by atoms with van der Waals surface area (Å²) < 4.78 is 12.9. The van der Waals surface area contributed by atoms with Crippen LogP contribution < -0.4 is 0 Å². The standard InChI is InChI=1S/C17H23FN2O2/c1-12(13-4-6-15(18)7-5-13)10-16(21)20-9-8-14(11-20)17(22)19(2)3/h4-7,12,14H,8-11H2,1-3H3/t12-,14+/m0/s1. The highest BCUT2D eigenvalue weighted by atomic mass is 19.1. The summed E-state index contributed by atoms with van der Waals surface area (Å²) >= 11 is 0. The lowest BCUT2D eigenvalue weighted by molar-refractivity contribution is -0.133. The van der Waals surface area contributed by atoms with Gasteiger partial charge in [-0.05, 0) is 30.0 Å². The third-order valence-corrected chi connectivity index (χ3v) is 4.25. The van der Waals surface area contributed by atoms with Crippen LogP contribution in [-0.2, 0) is 9.59 Å². The zero-order valence-electron chi connectivity index (χ0n) is 13.4. The second-order valence-electron chi connectivity index (χ2n) is 6.21. The van der Waals surface area contributed by atoms with Crippen LogP contribution in [0, 0.1) is 11.7 Å². The van der Waals surface area contributed by atoms with E-state index < -0.39 is 0 Å². The average molecular weight is 306 g/mol. The molecule has 2 rings (SSSR count). The van der Waals surface area contributed by atoms with Gasteiger partial charge in [0.25, 0.3) is 0 Å². The first-order chi connectivity index (χ1) is 10.4. The van der Waals surface area contributed by atoms with Crippen LogP contribution >= 0.6 is 0 Å². The van der Waals surface area contributed by atoms with Gasteiger partial charge in [0.1, 0.15) is 5.82 Å². The van der Waals surface area contributed by atoms with E-state index in [4.69, 9.17) is 0 Å². The minimum absolute atomic E-state index is 0.0386. The van der Waals surface area contributed by atoms with Crippen LogP contribution in [0.3, 0.4) is 0 Å². The maximum absolute atomic E-state index is 12.9. The Kier molecular flexibility index (Phi) is 5.16. The van der Waals surface area contributed by atoms with Gasteiger partial charge in [0.2, 0.25) is 11.8 Å². The van der Waals surface area contributed by atoms with E-state index in [2.05, 4.69) is 0 Å². The van der Waals surface area contributed by atoms with Crippen LogP contribution in [0.5, 0.6) is 0 Å². The molecule has 120 valence electrons. The van der Waals surface area contributed by atoms with Crippen LogP contribution in [0.4, 0.5) is 4.39 Å². The van der Waals surface area contributed by atoms with Crippen molar-refractivity contribution in [2.45, 2.75) is 25.7 Å². The van der Waals surface area contributed by atoms with Gasteiger partial charge < -0.3 is 9.80 Å². The van der Waals surface area contributed by atoms with Gasteiger partial charge >= 0.3 is 0 Å². The van der Waals surface area contributed by atoms with Gasteiger partial charge in [0.05, 0.1) is 5.92 Å². The van der Waals surface area contributed by atoms with Crippen molar-refractivity contribution in [3.05, 3.63) is 35.6 Å². The van der Waals surface area contributed by atoms with Gasteiger partial charge in [-0.2, -0.15) is 0 Å². The van der Waals surface area contributed by atoms with Crippen molar-refractivity contribution in [1.82, 2.24) is 9.80 Å². The monoisotopic (exact) mass is 306 g/mol. The number of hydrogen-bond donors (Lipinski definition) is 0. The fourth-order valence-corrected chi connectivity index (χ4v) is 2.85. The predicted octanol–water partition coefficient (Wildman–Crippen LogP) is 2.26. The zero-order chi connectivity index (χ0) is 16.3. The van der Waals surface area contributed by atoms with Gasteiger partial charge in [-0.25, -0.2) is 4.39 Å². The highest BCUT2D eigenvalue weighted by molar-refractivity contribution is 5.82. The number of amides is 2. The van der Waals surface area contributed by atoms with Crippen LogP contribution in [-0.4, -0.2) is 48.8 Å². The molecule has 1 saturated heterocycles. The molecule has 0 radical (unpaired) electrons. The first kappa shape index (κ1) is 16.5. The van der Waals surface area contributed by atoms with Gasteiger partial charge in [0.15, 0.2) is 0 Å². The van der Waals surface area contributed by atoms with E-state index in [1.807, 2.05) is 6.92 Å². The van der Waals surface area contributed by atoms with Crippen LogP contribution in [0.1, 0.15) is 31.2 Å². The maximum atomic E-state index is 12.9. The molecule has 0 aromatic heterocycles. The van der Waals surface area contributed by atoms with Crippen molar-refractivity contribution < 1.29 is 14.0 Å². The molecule has 2 atom stereocenters. The molecular formula is C17H23FN2O2. The molecule has 2 amide bonds. The lowest BCUT2D eigenvalue weighted by Gasteiger charge is -2.20. The number of rotatable bonds is 4. The van der Waals surface area contributed by atoms with E-state index in [-0.39, 0.29) is 29.5 Å². The lowest BCUT2D eigenvalue weighted by Crippen LogP contribution is -2.34. The van der Waals surface area contributed by atoms with Crippen molar-refractivity contribution in [3.8, 4) is 0 Å². The molecule has 1 aliphatic rings. The van der Waals surface area contributed by atoms with Crippen LogP contribution in [0.25, 0.3) is 0 Å². The quantitative estimate of drug-likeness (QED) is 0.856. The molecule has 0 N–H and O–H groups in total. The molecule has 0 bridgehead atoms. The number of carbonyl (C=O) groups excluding carboxylic acids is 2. The van der Waals surface area contributed by atoms with E-state index in [0.717, 1.165) is 12.0 Å². The first-order valence-corrected chi connectivity index (χ1v) is 7.63. The molecule has 1 fully saturated rings. The average Bonchev–Trinajstić information content (AvgIpc) is 2.96. The van der Waals surface area contributed by atoms with Crippen molar-refractivity contribution in [2.75, 3.05) is 27.2 Å². The molecule has 1 heterocycles. The van der Waals surface area contributed by atoms with Crippen molar-refractivity contribution >= 4 is 11.8 Å². The molecule has 4 nitrogen and oxygen atoms in total. The van der Waals surface area contributed by atoms with Crippen molar-refractivity contribution in [2.24, 2.45) is 5.92 Å². The van der Waals surface area contributed by atoms with Gasteiger partial charge in [0, 0.05) is 33.6 Å². The number of benzene rings is 1. The summed E-state index contributed by atoms with van der Waals surface area (Å²) in [7, 11) is 3.48. The molecule has 1 aromatic rings. The second kappa shape index (κ2) is 6.90. The normalized spacial score (nSPS) is 19.1. The number of hydrogen-bond acceptors (Lipinski definition) is 2. The third-order valence-electron chi connectivity index (χ3n) is 4.25. The Morgan fingerprint density at radius 3 is 2.55 bits per heavy atom. The summed E-state index contributed by atoms with van der Waals surface area (Å²) in [6.45, 7) is 3.11. The Labute approximate surface area is 130 Å². The Morgan fingerprint density at radius 2 is 1.95 bits per heavy atom. The second-order valence-corrected chi connectivity index (χ2v) is 6.21. The van der Waals surface area contributed by atoms with Crippen molar-refractivity contribution in [3.63, 3.8) is 0 Å². The van der Waals surface area contributed by atoms with E-state index in [1.165, 1.54) is 12.1 Å². The molecule has 1 aromatic carbocycles. The number of halogens is 1. The Balaban J connectivity index is 1.90. The molecule has 0 aliphatic carbocycles. The molecule has 1 aliphatic heterocycles. The van der Waals surface area contributed by atoms with Gasteiger partial charge in [-0.15, -0.1) is 0 Å². The van der Waals surface area contributed by atoms with E-state index in [0.29, 0.717) is 19.5 Å².